The van der Waals surface area contributed by atoms with Crippen molar-refractivity contribution in [3.63, 3.8) is 0 Å². The van der Waals surface area contributed by atoms with E-state index in [1.54, 1.807) is 44.4 Å². The highest BCUT2D eigenvalue weighted by atomic mass is 16.5. The standard InChI is InChI=1S/C24H31N3O4/c1-17(25-26-24(28)19-13-21(29-2)15-22(14-19)30-3)18-8-9-23(31-4)20(12-18)16-27-10-6-5-7-11-27/h8-9,12-15H,5-7,10-11,16H2,1-4H3,(H,26,28)/p+1/b25-17-. The Balaban J connectivity index is 1.75. The fraction of sp³-hybridized carbons (Fsp3) is 0.417. The van der Waals surface area contributed by atoms with Gasteiger partial charge >= 0.3 is 0 Å². The lowest BCUT2D eigenvalue weighted by atomic mass is 10.0. The molecule has 2 aromatic carbocycles. The number of hydrazone groups is 1. The molecular formula is C24H32N3O4+. The van der Waals surface area contributed by atoms with E-state index in [1.807, 2.05) is 19.1 Å². The fourth-order valence-electron chi connectivity index (χ4n) is 3.84. The third-order valence-electron chi connectivity index (χ3n) is 5.64. The molecule has 0 radical (unpaired) electrons. The first kappa shape index (κ1) is 22.6. The summed E-state index contributed by atoms with van der Waals surface area (Å²) in [4.78, 5) is 14.2. The molecule has 0 spiro atoms. The Labute approximate surface area is 184 Å². The first-order valence-corrected chi connectivity index (χ1v) is 10.6. The molecule has 166 valence electrons. The molecule has 7 heteroatoms. The van der Waals surface area contributed by atoms with Crippen LogP contribution in [0.2, 0.25) is 0 Å². The van der Waals surface area contributed by atoms with E-state index in [4.69, 9.17) is 14.2 Å². The van der Waals surface area contributed by atoms with Crippen LogP contribution in [0, 0.1) is 0 Å². The predicted molar refractivity (Wildman–Crippen MR) is 120 cm³/mol. The maximum absolute atomic E-state index is 12.6. The molecule has 2 aromatic rings. The van der Waals surface area contributed by atoms with E-state index in [-0.39, 0.29) is 5.91 Å². The minimum Gasteiger partial charge on any atom is -0.497 e. The molecule has 7 nitrogen and oxygen atoms in total. The van der Waals surface area contributed by atoms with Crippen LogP contribution in [-0.4, -0.2) is 46.0 Å². The third-order valence-corrected chi connectivity index (χ3v) is 5.64. The number of quaternary nitrogens is 1. The zero-order valence-electron chi connectivity index (χ0n) is 18.8. The Morgan fingerprint density at radius 2 is 1.61 bits per heavy atom. The lowest BCUT2D eigenvalue weighted by molar-refractivity contribution is -0.918. The maximum Gasteiger partial charge on any atom is 0.271 e. The van der Waals surface area contributed by atoms with Crippen molar-refractivity contribution in [3.05, 3.63) is 53.1 Å². The summed E-state index contributed by atoms with van der Waals surface area (Å²) in [5, 5.41) is 4.31. The zero-order valence-corrected chi connectivity index (χ0v) is 18.8. The van der Waals surface area contributed by atoms with Crippen molar-refractivity contribution in [1.29, 1.82) is 0 Å². The van der Waals surface area contributed by atoms with Gasteiger partial charge in [0.25, 0.3) is 5.91 Å². The number of ether oxygens (including phenoxy) is 3. The van der Waals surface area contributed by atoms with E-state index in [0.29, 0.717) is 17.1 Å². The molecule has 0 unspecified atom stereocenters. The van der Waals surface area contributed by atoms with Gasteiger partial charge in [-0.1, -0.05) is 0 Å². The predicted octanol–water partition coefficient (Wildman–Crippen LogP) is 2.44. The molecule has 0 aromatic heterocycles. The first-order chi connectivity index (χ1) is 15.0. The molecule has 1 saturated heterocycles. The molecule has 0 bridgehead atoms. The zero-order chi connectivity index (χ0) is 22.2. The lowest BCUT2D eigenvalue weighted by Gasteiger charge is -2.24. The van der Waals surface area contributed by atoms with Crippen molar-refractivity contribution in [2.45, 2.75) is 32.7 Å². The molecule has 1 aliphatic rings. The van der Waals surface area contributed by atoms with E-state index >= 15 is 0 Å². The number of methoxy groups -OCH3 is 3. The quantitative estimate of drug-likeness (QED) is 0.502. The highest BCUT2D eigenvalue weighted by Crippen LogP contribution is 2.23. The number of nitrogens with zero attached hydrogens (tertiary/aromatic N) is 1. The Morgan fingerprint density at radius 3 is 2.23 bits per heavy atom. The molecule has 0 aliphatic carbocycles. The minimum absolute atomic E-state index is 0.331. The Hall–Kier alpha value is -3.06. The van der Waals surface area contributed by atoms with Crippen LogP contribution in [0.5, 0.6) is 17.2 Å². The summed E-state index contributed by atoms with van der Waals surface area (Å²) in [6, 6.07) is 11.1. The molecule has 1 aliphatic heterocycles. The van der Waals surface area contributed by atoms with Gasteiger partial charge in [0.15, 0.2) is 0 Å². The van der Waals surface area contributed by atoms with Gasteiger partial charge in [-0.05, 0) is 62.1 Å². The van der Waals surface area contributed by atoms with Gasteiger partial charge in [-0.15, -0.1) is 0 Å². The van der Waals surface area contributed by atoms with Gasteiger partial charge in [0.05, 0.1) is 40.1 Å². The van der Waals surface area contributed by atoms with E-state index in [9.17, 15) is 4.79 Å². The number of nitrogens with one attached hydrogen (secondary N) is 2. The lowest BCUT2D eigenvalue weighted by Crippen LogP contribution is -3.11. The third kappa shape index (κ3) is 5.98. The van der Waals surface area contributed by atoms with Crippen molar-refractivity contribution >= 4 is 11.6 Å². The molecule has 3 rings (SSSR count). The second kappa shape index (κ2) is 10.8. The number of hydrogen-bond acceptors (Lipinski definition) is 5. The second-order valence-corrected chi connectivity index (χ2v) is 7.75. The number of amides is 1. The van der Waals surface area contributed by atoms with Crippen molar-refractivity contribution in [2.75, 3.05) is 34.4 Å². The largest absolute Gasteiger partial charge is 0.497 e. The van der Waals surface area contributed by atoms with Gasteiger partial charge in [0.1, 0.15) is 23.8 Å². The molecule has 1 fully saturated rings. The molecule has 31 heavy (non-hydrogen) atoms. The summed E-state index contributed by atoms with van der Waals surface area (Å²) in [6.45, 7) is 5.20. The highest BCUT2D eigenvalue weighted by Gasteiger charge is 2.17. The average Bonchev–Trinajstić information content (AvgIpc) is 2.82. The fourth-order valence-corrected chi connectivity index (χ4v) is 3.84. The van der Waals surface area contributed by atoms with Crippen LogP contribution in [0.25, 0.3) is 0 Å². The van der Waals surface area contributed by atoms with Gasteiger partial charge < -0.3 is 19.1 Å². The average molecular weight is 427 g/mol. The highest BCUT2D eigenvalue weighted by molar-refractivity contribution is 6.01. The van der Waals surface area contributed by atoms with E-state index < -0.39 is 0 Å². The second-order valence-electron chi connectivity index (χ2n) is 7.75. The van der Waals surface area contributed by atoms with Crippen LogP contribution in [0.15, 0.2) is 41.5 Å². The minimum atomic E-state index is -0.331. The van der Waals surface area contributed by atoms with Crippen LogP contribution in [-0.2, 0) is 6.54 Å². The number of piperidine rings is 1. The molecule has 1 amide bonds. The van der Waals surface area contributed by atoms with Crippen LogP contribution in [0.1, 0.15) is 47.7 Å². The molecule has 0 atom stereocenters. The van der Waals surface area contributed by atoms with Gasteiger partial charge in [0.2, 0.25) is 0 Å². The first-order valence-electron chi connectivity index (χ1n) is 10.6. The number of rotatable bonds is 8. The van der Waals surface area contributed by atoms with E-state index in [1.165, 1.54) is 32.4 Å². The van der Waals surface area contributed by atoms with Crippen molar-refractivity contribution < 1.29 is 23.9 Å². The smallest absolute Gasteiger partial charge is 0.271 e. The molecule has 0 saturated carbocycles. The van der Waals surface area contributed by atoms with Crippen LogP contribution in [0.3, 0.4) is 0 Å². The van der Waals surface area contributed by atoms with Gasteiger partial charge in [0, 0.05) is 17.2 Å². The van der Waals surface area contributed by atoms with Gasteiger partial charge in [-0.2, -0.15) is 5.10 Å². The normalized spacial score (nSPS) is 14.8. The number of carbonyl (C=O) groups excluding carboxylic acids is 1. The summed E-state index contributed by atoms with van der Waals surface area (Å²) >= 11 is 0. The van der Waals surface area contributed by atoms with E-state index in [0.717, 1.165) is 29.1 Å². The summed E-state index contributed by atoms with van der Waals surface area (Å²) in [5.41, 5.74) is 5.88. The summed E-state index contributed by atoms with van der Waals surface area (Å²) in [5.74, 6) is 1.65. The monoisotopic (exact) mass is 426 g/mol. The number of benzene rings is 2. The number of likely N-dealkylation sites (tertiary alicyclic amines) is 1. The number of hydrogen-bond donors (Lipinski definition) is 2. The van der Waals surface area contributed by atoms with E-state index in [2.05, 4.69) is 16.6 Å². The molecular weight excluding hydrogens is 394 g/mol. The van der Waals surface area contributed by atoms with Crippen molar-refractivity contribution in [1.82, 2.24) is 5.43 Å². The van der Waals surface area contributed by atoms with Crippen LogP contribution >= 0.6 is 0 Å². The van der Waals surface area contributed by atoms with Crippen molar-refractivity contribution in [2.24, 2.45) is 5.10 Å². The molecule has 2 N–H and O–H groups in total. The summed E-state index contributed by atoms with van der Waals surface area (Å²) < 4.78 is 16.0. The van der Waals surface area contributed by atoms with Crippen molar-refractivity contribution in [3.8, 4) is 17.2 Å². The van der Waals surface area contributed by atoms with Crippen LogP contribution < -0.4 is 24.5 Å². The number of carbonyl (C=O) groups is 1. The summed E-state index contributed by atoms with van der Waals surface area (Å²) in [7, 11) is 4.80. The van der Waals surface area contributed by atoms with Crippen LogP contribution in [0.4, 0.5) is 0 Å². The maximum atomic E-state index is 12.6. The Bertz CT molecular complexity index is 914. The SMILES string of the molecule is COc1cc(OC)cc(C(=O)N/N=C(/C)c2ccc(OC)c(C[NH+]3CCCCC3)c2)c1. The molecule has 1 heterocycles. The summed E-state index contributed by atoms with van der Waals surface area (Å²) in [6.07, 6.45) is 3.88. The Morgan fingerprint density at radius 1 is 0.935 bits per heavy atom. The van der Waals surface area contributed by atoms with Gasteiger partial charge in [-0.25, -0.2) is 5.43 Å². The topological polar surface area (TPSA) is 73.6 Å². The Kier molecular flexibility index (Phi) is 7.89. The van der Waals surface area contributed by atoms with Gasteiger partial charge in [-0.3, -0.25) is 4.79 Å².